The molecule has 16 heteroatoms. The molecule has 2 aromatic heterocycles. The second-order valence-corrected chi connectivity index (χ2v) is 14.5. The number of likely N-dealkylation sites (N-methyl/N-ethyl adjacent to an activating group) is 1. The fourth-order valence-electron chi connectivity index (χ4n) is 7.29. The van der Waals surface area contributed by atoms with E-state index in [9.17, 15) is 14.4 Å². The topological polar surface area (TPSA) is 166 Å². The van der Waals surface area contributed by atoms with Gasteiger partial charge in [0, 0.05) is 63.2 Å². The third-order valence-corrected chi connectivity index (χ3v) is 11.1. The molecule has 0 aromatic carbocycles. The van der Waals surface area contributed by atoms with Gasteiger partial charge >= 0.3 is 6.01 Å². The summed E-state index contributed by atoms with van der Waals surface area (Å²) in [5.41, 5.74) is 14.2. The number of alkyl halides is 1. The van der Waals surface area contributed by atoms with Gasteiger partial charge in [-0.15, -0.1) is 11.3 Å². The van der Waals surface area contributed by atoms with E-state index in [1.54, 1.807) is 14.1 Å². The van der Waals surface area contributed by atoms with Gasteiger partial charge in [0.2, 0.25) is 11.9 Å². The highest BCUT2D eigenvalue weighted by Crippen LogP contribution is 2.52. The first-order chi connectivity index (χ1) is 22.5. The average molecular weight is 686 g/mol. The third kappa shape index (κ3) is 6.42. The molecule has 6 heterocycles. The second-order valence-electron chi connectivity index (χ2n) is 13.0. The minimum absolute atomic E-state index is 0.0567. The maximum atomic E-state index is 12.6. The molecule has 0 saturated carbocycles. The van der Waals surface area contributed by atoms with Crippen LogP contribution in [0, 0.1) is 11.3 Å². The number of ether oxygens (including phenoxy) is 1. The number of rotatable bonds is 5. The van der Waals surface area contributed by atoms with Gasteiger partial charge in [0.15, 0.2) is 0 Å². The number of carbonyl (C=O) groups is 1. The number of nitrogens with zero attached hydrogens (tertiary/aromatic N) is 9. The summed E-state index contributed by atoms with van der Waals surface area (Å²) in [5.74, 6) is 0.541. The number of amides is 1. The van der Waals surface area contributed by atoms with Crippen molar-refractivity contribution in [3.05, 3.63) is 26.7 Å². The number of hydrogen-bond acceptors (Lipinski definition) is 13. The molecule has 2 aromatic rings. The summed E-state index contributed by atoms with van der Waals surface area (Å²) in [6.45, 7) is 4.65. The fourth-order valence-corrected chi connectivity index (χ4v) is 8.63. The molecule has 7 rings (SSSR count). The van der Waals surface area contributed by atoms with Crippen LogP contribution in [0.2, 0.25) is 0 Å². The Bertz CT molecular complexity index is 1620. The van der Waals surface area contributed by atoms with Crippen LogP contribution in [0.15, 0.2) is 15.7 Å². The Hall–Kier alpha value is -3.74. The van der Waals surface area contributed by atoms with Crippen molar-refractivity contribution in [3.8, 4) is 12.1 Å². The Morgan fingerprint density at radius 1 is 1.19 bits per heavy atom. The zero-order valence-electron chi connectivity index (χ0n) is 27.0. The lowest BCUT2D eigenvalue weighted by Crippen LogP contribution is -2.59. The molecule has 1 amide bonds. The molecule has 13 nitrogen and oxygen atoms in total. The average Bonchev–Trinajstić information content (AvgIpc) is 3.75. The van der Waals surface area contributed by atoms with Gasteiger partial charge in [-0.1, -0.05) is 11.6 Å². The molecule has 2 atom stereocenters. The number of carbonyl (C=O) groups excluding carboxylic acids is 1. The van der Waals surface area contributed by atoms with Gasteiger partial charge < -0.3 is 30.9 Å². The van der Waals surface area contributed by atoms with Crippen molar-refractivity contribution in [1.82, 2.24) is 24.8 Å². The molecule has 252 valence electrons. The van der Waals surface area contributed by atoms with Crippen molar-refractivity contribution >= 4 is 51.5 Å². The summed E-state index contributed by atoms with van der Waals surface area (Å²) < 4.78 is 18.0. The lowest BCUT2D eigenvalue weighted by Gasteiger charge is -2.48. The van der Waals surface area contributed by atoms with Crippen LogP contribution in [0.3, 0.4) is 0 Å². The van der Waals surface area contributed by atoms with Crippen LogP contribution in [0.5, 0.6) is 6.01 Å². The van der Waals surface area contributed by atoms with Crippen LogP contribution in [-0.2, 0) is 16.6 Å². The van der Waals surface area contributed by atoms with Crippen molar-refractivity contribution in [3.63, 3.8) is 0 Å². The number of aliphatic imine (C=N–C) groups is 1. The van der Waals surface area contributed by atoms with Gasteiger partial charge in [-0.2, -0.15) is 20.2 Å². The molecule has 4 N–H and O–H groups in total. The molecule has 1 spiro atoms. The standard InChI is InChI=1S/C24H29ClN10O2S.C7H12FN/c1-33(2)20(36)18(27)17(25)14-10-34(8-4-7-29-14)21-30-22(32-23(31-21)37-3)35-11-24(12-35)6-5-15-16(24)13(9-26)19(28)38-15;8-6-4-7-2-1-3-9(7)5-6/h4-8,10-12,27-28H2,1-3H3;6-7H,1-5H2/b18-17+;. The number of aromatic nitrogens is 3. The van der Waals surface area contributed by atoms with Crippen LogP contribution in [-0.4, -0.2) is 116 Å². The molecule has 47 heavy (non-hydrogen) atoms. The van der Waals surface area contributed by atoms with E-state index in [0.717, 1.165) is 37.8 Å². The van der Waals surface area contributed by atoms with E-state index < -0.39 is 6.17 Å². The number of halogens is 2. The van der Waals surface area contributed by atoms with Crippen LogP contribution >= 0.6 is 22.9 Å². The van der Waals surface area contributed by atoms with Crippen molar-refractivity contribution in [2.75, 3.05) is 82.6 Å². The minimum atomic E-state index is -0.518. The Morgan fingerprint density at radius 2 is 1.94 bits per heavy atom. The van der Waals surface area contributed by atoms with Crippen molar-refractivity contribution in [1.29, 1.82) is 5.26 Å². The zero-order valence-corrected chi connectivity index (χ0v) is 28.6. The van der Waals surface area contributed by atoms with Crippen LogP contribution in [0.4, 0.5) is 21.3 Å². The lowest BCUT2D eigenvalue weighted by molar-refractivity contribution is -0.124. The van der Waals surface area contributed by atoms with Gasteiger partial charge in [0.25, 0.3) is 5.91 Å². The number of thiophene rings is 1. The molecule has 0 radical (unpaired) electrons. The first kappa shape index (κ1) is 33.2. The van der Waals surface area contributed by atoms with Gasteiger partial charge in [-0.3, -0.25) is 14.7 Å². The highest BCUT2D eigenvalue weighted by molar-refractivity contribution is 7.16. The third-order valence-electron chi connectivity index (χ3n) is 9.62. The Labute approximate surface area is 283 Å². The summed E-state index contributed by atoms with van der Waals surface area (Å²) in [6, 6.07) is 3.11. The van der Waals surface area contributed by atoms with Crippen LogP contribution in [0.25, 0.3) is 0 Å². The zero-order chi connectivity index (χ0) is 33.5. The summed E-state index contributed by atoms with van der Waals surface area (Å²) in [4.78, 5) is 39.5. The highest BCUT2D eigenvalue weighted by atomic mass is 35.5. The number of anilines is 3. The Morgan fingerprint density at radius 3 is 2.62 bits per heavy atom. The number of methoxy groups -OCH3 is 1. The normalized spacial score (nSPS) is 23.4. The maximum Gasteiger partial charge on any atom is 0.322 e. The molecule has 3 saturated heterocycles. The Kier molecular flexibility index (Phi) is 9.46. The van der Waals surface area contributed by atoms with E-state index in [1.165, 1.54) is 41.1 Å². The predicted octanol–water partition coefficient (Wildman–Crippen LogP) is 2.44. The monoisotopic (exact) mass is 685 g/mol. The summed E-state index contributed by atoms with van der Waals surface area (Å²) in [6.07, 6.45) is 5.45. The number of fused-ring (bicyclic) bond motifs is 3. The van der Waals surface area contributed by atoms with Gasteiger partial charge in [-0.05, 0) is 50.6 Å². The van der Waals surface area contributed by atoms with Crippen molar-refractivity contribution in [2.24, 2.45) is 10.7 Å². The molecule has 0 bridgehead atoms. The summed E-state index contributed by atoms with van der Waals surface area (Å²) >= 11 is 8.04. The quantitative estimate of drug-likeness (QED) is 0.444. The maximum absolute atomic E-state index is 12.6. The highest BCUT2D eigenvalue weighted by Gasteiger charge is 2.52. The van der Waals surface area contributed by atoms with Crippen LogP contribution in [0.1, 0.15) is 48.1 Å². The SMILES string of the molecule is COc1nc(N2CCCN=C(/C(Cl)=C(\N)C(=O)N(C)C)C2)nc(N2CC3(CCc4sc(N)c(C#N)c43)C2)n1.FC1CC2CCCN2C1. The number of aryl methyl sites for hydroxylation is 1. The Balaban J connectivity index is 0.000000366. The molecule has 1 aliphatic carbocycles. The molecular formula is C31H41ClFN11O2S. The van der Waals surface area contributed by atoms with E-state index in [2.05, 4.69) is 30.8 Å². The molecule has 3 fully saturated rings. The second kappa shape index (κ2) is 13.4. The fraction of sp³-hybridized carbons (Fsp3) is 0.613. The van der Waals surface area contributed by atoms with E-state index in [1.807, 2.05) is 4.90 Å². The molecular weight excluding hydrogens is 645 g/mol. The predicted molar refractivity (Wildman–Crippen MR) is 181 cm³/mol. The van der Waals surface area contributed by atoms with Gasteiger partial charge in [-0.25, -0.2) is 4.39 Å². The van der Waals surface area contributed by atoms with E-state index in [-0.39, 0.29) is 34.6 Å². The summed E-state index contributed by atoms with van der Waals surface area (Å²) in [5, 5.41) is 10.4. The number of nitrogens with two attached hydrogens (primary N) is 2. The first-order valence-corrected chi connectivity index (χ1v) is 17.1. The van der Waals surface area contributed by atoms with Gasteiger partial charge in [0.05, 0.1) is 30.0 Å². The van der Waals surface area contributed by atoms with E-state index >= 15 is 0 Å². The molecule has 5 aliphatic rings. The van der Waals surface area contributed by atoms with E-state index in [0.29, 0.717) is 66.9 Å². The molecule has 2 unspecified atom stereocenters. The lowest BCUT2D eigenvalue weighted by atomic mass is 9.74. The first-order valence-electron chi connectivity index (χ1n) is 15.9. The van der Waals surface area contributed by atoms with Crippen molar-refractivity contribution in [2.45, 2.75) is 56.2 Å². The minimum Gasteiger partial charge on any atom is -0.467 e. The van der Waals surface area contributed by atoms with E-state index in [4.69, 9.17) is 32.8 Å². The smallest absolute Gasteiger partial charge is 0.322 e. The summed E-state index contributed by atoms with van der Waals surface area (Å²) in [7, 11) is 4.74. The number of hydrogen-bond donors (Lipinski definition) is 2. The number of nitrogen functional groups attached to an aromatic ring is 1. The molecule has 4 aliphatic heterocycles. The van der Waals surface area contributed by atoms with Crippen molar-refractivity contribution < 1.29 is 13.9 Å². The number of nitriles is 1. The van der Waals surface area contributed by atoms with Gasteiger partial charge in [0.1, 0.15) is 22.9 Å². The van der Waals surface area contributed by atoms with Crippen LogP contribution < -0.4 is 26.0 Å². The largest absolute Gasteiger partial charge is 0.467 e.